The summed E-state index contributed by atoms with van der Waals surface area (Å²) >= 11 is 0. The van der Waals surface area contributed by atoms with Gasteiger partial charge in [0.1, 0.15) is 0 Å². The molecule has 2 N–H and O–H groups in total. The number of piperidine rings is 1. The lowest BCUT2D eigenvalue weighted by Gasteiger charge is -2.28. The molecule has 4 heteroatoms. The molecular weight excluding hydrogens is 182 g/mol. The van der Waals surface area contributed by atoms with Gasteiger partial charge in [0, 0.05) is 19.1 Å². The molecule has 0 radical (unpaired) electrons. The van der Waals surface area contributed by atoms with Crippen molar-refractivity contribution in [2.45, 2.75) is 31.7 Å². The van der Waals surface area contributed by atoms with Crippen molar-refractivity contribution in [3.8, 4) is 0 Å². The highest BCUT2D eigenvalue weighted by atomic mass is 16.5. The molecular formula is C10H19NO3. The average molecular weight is 201 g/mol. The highest BCUT2D eigenvalue weighted by molar-refractivity contribution is 5.69. The number of methoxy groups -OCH3 is 1. The first kappa shape index (κ1) is 11.5. The quantitative estimate of drug-likeness (QED) is 0.642. The van der Waals surface area contributed by atoms with Crippen LogP contribution in [0.2, 0.25) is 0 Å². The number of aliphatic hydroxyl groups excluding tert-OH is 1. The van der Waals surface area contributed by atoms with Gasteiger partial charge in [0.25, 0.3) is 0 Å². The summed E-state index contributed by atoms with van der Waals surface area (Å²) in [4.78, 5) is 10.9. The minimum atomic E-state index is -0.155. The number of hydrogen-bond acceptors (Lipinski definition) is 4. The van der Waals surface area contributed by atoms with Crippen molar-refractivity contribution in [2.24, 2.45) is 5.92 Å². The van der Waals surface area contributed by atoms with Crippen molar-refractivity contribution in [1.82, 2.24) is 5.32 Å². The Kier molecular flexibility index (Phi) is 4.90. The highest BCUT2D eigenvalue weighted by Gasteiger charge is 2.21. The van der Waals surface area contributed by atoms with Crippen LogP contribution in [0.3, 0.4) is 0 Å². The molecule has 0 aromatic rings. The smallest absolute Gasteiger partial charge is 0.305 e. The Labute approximate surface area is 84.6 Å². The molecule has 1 rings (SSSR count). The molecule has 1 aliphatic rings. The zero-order valence-electron chi connectivity index (χ0n) is 8.66. The molecule has 1 saturated heterocycles. The van der Waals surface area contributed by atoms with Gasteiger partial charge in [-0.3, -0.25) is 4.79 Å². The monoisotopic (exact) mass is 201 g/mol. The van der Waals surface area contributed by atoms with Gasteiger partial charge in [-0.25, -0.2) is 0 Å². The highest BCUT2D eigenvalue weighted by Crippen LogP contribution is 2.18. The van der Waals surface area contributed by atoms with Gasteiger partial charge in [0.15, 0.2) is 0 Å². The summed E-state index contributed by atoms with van der Waals surface area (Å²) in [5.74, 6) is 0.247. The number of esters is 1. The molecule has 1 fully saturated rings. The van der Waals surface area contributed by atoms with Crippen LogP contribution in [-0.2, 0) is 9.53 Å². The molecule has 0 aromatic carbocycles. The van der Waals surface area contributed by atoms with Crippen molar-refractivity contribution in [2.75, 3.05) is 20.3 Å². The maximum Gasteiger partial charge on any atom is 0.305 e. The summed E-state index contributed by atoms with van der Waals surface area (Å²) in [6.07, 6.45) is 3.27. The Hall–Kier alpha value is -0.610. The number of carbonyl (C=O) groups excluding carboxylic acids is 1. The standard InChI is InChI=1S/C10H19NO3/c1-14-10(13)3-2-9-6-8(7-12)4-5-11-9/h8-9,11-12H,2-7H2,1H3. The Morgan fingerprint density at radius 3 is 3.07 bits per heavy atom. The number of hydrogen-bond donors (Lipinski definition) is 2. The lowest BCUT2D eigenvalue weighted by atomic mass is 9.91. The lowest BCUT2D eigenvalue weighted by molar-refractivity contribution is -0.140. The molecule has 4 nitrogen and oxygen atoms in total. The van der Waals surface area contributed by atoms with E-state index >= 15 is 0 Å². The SMILES string of the molecule is COC(=O)CCC1CC(CO)CCN1. The lowest BCUT2D eigenvalue weighted by Crippen LogP contribution is -2.39. The Morgan fingerprint density at radius 2 is 2.43 bits per heavy atom. The molecule has 14 heavy (non-hydrogen) atoms. The van der Waals surface area contributed by atoms with Crippen molar-refractivity contribution in [3.05, 3.63) is 0 Å². The fourth-order valence-corrected chi connectivity index (χ4v) is 1.88. The van der Waals surface area contributed by atoms with Gasteiger partial charge in [-0.15, -0.1) is 0 Å². The summed E-state index contributed by atoms with van der Waals surface area (Å²) in [6, 6.07) is 0.361. The van der Waals surface area contributed by atoms with Crippen LogP contribution in [-0.4, -0.2) is 37.4 Å². The van der Waals surface area contributed by atoms with E-state index in [1.54, 1.807) is 0 Å². The number of ether oxygens (including phenoxy) is 1. The number of carbonyl (C=O) groups is 1. The molecule has 0 spiro atoms. The van der Waals surface area contributed by atoms with E-state index in [2.05, 4.69) is 10.1 Å². The van der Waals surface area contributed by atoms with Crippen LogP contribution in [0.15, 0.2) is 0 Å². The molecule has 2 unspecified atom stereocenters. The molecule has 0 amide bonds. The third kappa shape index (κ3) is 3.64. The van der Waals surface area contributed by atoms with Gasteiger partial charge in [-0.1, -0.05) is 0 Å². The minimum Gasteiger partial charge on any atom is -0.469 e. The first-order chi connectivity index (χ1) is 6.76. The van der Waals surface area contributed by atoms with Crippen LogP contribution in [0, 0.1) is 5.92 Å². The van der Waals surface area contributed by atoms with Crippen LogP contribution in [0.25, 0.3) is 0 Å². The van der Waals surface area contributed by atoms with E-state index in [1.165, 1.54) is 7.11 Å². The van der Waals surface area contributed by atoms with E-state index in [4.69, 9.17) is 5.11 Å². The number of rotatable bonds is 4. The number of nitrogens with one attached hydrogen (secondary N) is 1. The van der Waals surface area contributed by atoms with Crippen LogP contribution in [0.1, 0.15) is 25.7 Å². The summed E-state index contributed by atoms with van der Waals surface area (Å²) in [7, 11) is 1.41. The maximum atomic E-state index is 10.9. The van der Waals surface area contributed by atoms with Crippen LogP contribution < -0.4 is 5.32 Å². The third-order valence-electron chi connectivity index (χ3n) is 2.79. The van der Waals surface area contributed by atoms with Crippen LogP contribution >= 0.6 is 0 Å². The molecule has 0 aliphatic carbocycles. The fraction of sp³-hybridized carbons (Fsp3) is 0.900. The molecule has 0 saturated carbocycles. The van der Waals surface area contributed by atoms with Gasteiger partial charge >= 0.3 is 5.97 Å². The van der Waals surface area contributed by atoms with E-state index in [1.807, 2.05) is 0 Å². The molecule has 2 atom stereocenters. The van der Waals surface area contributed by atoms with E-state index in [-0.39, 0.29) is 12.6 Å². The Morgan fingerprint density at radius 1 is 1.64 bits per heavy atom. The molecule has 0 bridgehead atoms. The maximum absolute atomic E-state index is 10.9. The second-order valence-electron chi connectivity index (χ2n) is 3.84. The van der Waals surface area contributed by atoms with Gasteiger partial charge in [0.05, 0.1) is 7.11 Å². The summed E-state index contributed by atoms with van der Waals surface area (Å²) in [5, 5.41) is 12.4. The zero-order valence-corrected chi connectivity index (χ0v) is 8.66. The molecule has 1 heterocycles. The van der Waals surface area contributed by atoms with Crippen molar-refractivity contribution < 1.29 is 14.6 Å². The summed E-state index contributed by atoms with van der Waals surface area (Å²) in [6.45, 7) is 1.20. The van der Waals surface area contributed by atoms with E-state index in [0.29, 0.717) is 18.4 Å². The summed E-state index contributed by atoms with van der Waals surface area (Å²) in [5.41, 5.74) is 0. The van der Waals surface area contributed by atoms with Gasteiger partial charge in [-0.2, -0.15) is 0 Å². The van der Waals surface area contributed by atoms with E-state index in [0.717, 1.165) is 25.8 Å². The van der Waals surface area contributed by atoms with Gasteiger partial charge in [-0.05, 0) is 31.7 Å². The normalized spacial score (nSPS) is 27.3. The van der Waals surface area contributed by atoms with Gasteiger partial charge < -0.3 is 15.2 Å². The second-order valence-corrected chi connectivity index (χ2v) is 3.84. The largest absolute Gasteiger partial charge is 0.469 e. The number of aliphatic hydroxyl groups is 1. The summed E-state index contributed by atoms with van der Waals surface area (Å²) < 4.78 is 4.58. The van der Waals surface area contributed by atoms with Crippen molar-refractivity contribution in [3.63, 3.8) is 0 Å². The molecule has 1 aliphatic heterocycles. The Bertz CT molecular complexity index is 184. The van der Waals surface area contributed by atoms with E-state index in [9.17, 15) is 4.79 Å². The van der Waals surface area contributed by atoms with Crippen LogP contribution in [0.4, 0.5) is 0 Å². The predicted molar refractivity (Wildman–Crippen MR) is 52.9 cm³/mol. The second kappa shape index (κ2) is 5.98. The third-order valence-corrected chi connectivity index (χ3v) is 2.79. The molecule has 82 valence electrons. The van der Waals surface area contributed by atoms with Crippen molar-refractivity contribution in [1.29, 1.82) is 0 Å². The molecule has 0 aromatic heterocycles. The Balaban J connectivity index is 2.20. The predicted octanol–water partition coefficient (Wildman–Crippen LogP) is 0.300. The minimum absolute atomic E-state index is 0.155. The van der Waals surface area contributed by atoms with E-state index < -0.39 is 0 Å². The first-order valence-electron chi connectivity index (χ1n) is 5.17. The fourth-order valence-electron chi connectivity index (χ4n) is 1.88. The van der Waals surface area contributed by atoms with Gasteiger partial charge in [0.2, 0.25) is 0 Å². The van der Waals surface area contributed by atoms with Crippen molar-refractivity contribution >= 4 is 5.97 Å². The zero-order chi connectivity index (χ0) is 10.4. The average Bonchev–Trinajstić information content (AvgIpc) is 2.26. The van der Waals surface area contributed by atoms with Crippen LogP contribution in [0.5, 0.6) is 0 Å². The topological polar surface area (TPSA) is 58.6 Å². The first-order valence-corrected chi connectivity index (χ1v) is 5.17.